The molecule has 10 rings (SSSR count). The zero-order valence-corrected chi connectivity index (χ0v) is 26.5. The molecular formula is C46H28N2O. The number of rotatable bonds is 4. The molecule has 3 nitrogen and oxygen atoms in total. The van der Waals surface area contributed by atoms with Gasteiger partial charge >= 0.3 is 0 Å². The predicted octanol–water partition coefficient (Wildman–Crippen LogP) is 12.5. The Morgan fingerprint density at radius 3 is 1.73 bits per heavy atom. The van der Waals surface area contributed by atoms with Crippen molar-refractivity contribution in [3.8, 4) is 45.0 Å². The second-order valence-electron chi connectivity index (χ2n) is 12.5. The predicted molar refractivity (Wildman–Crippen MR) is 204 cm³/mol. The topological polar surface area (TPSA) is 38.9 Å². The summed E-state index contributed by atoms with van der Waals surface area (Å²) in [4.78, 5) is 10.6. The quantitative estimate of drug-likeness (QED) is 0.144. The molecule has 10 aromatic rings. The first-order valence-corrected chi connectivity index (χ1v) is 16.6. The second kappa shape index (κ2) is 11.0. The standard InChI is InChI=1S/C46H28N2O/c1-3-14-30(15-4-1)43-36-20-9-10-21-37(36)45(44-33-18-8-7-13-29(33)23-26-38(43)44)40-28-39(47-46(48-40)31-16-5-2-6-17-31)32-24-25-35-34-19-11-12-22-41(34)49-42(35)27-32/h1-28H. The molecule has 0 N–H and O–H groups in total. The van der Waals surface area contributed by atoms with E-state index in [-0.39, 0.29) is 0 Å². The first-order valence-electron chi connectivity index (χ1n) is 16.6. The van der Waals surface area contributed by atoms with Crippen LogP contribution in [0.5, 0.6) is 0 Å². The molecule has 0 unspecified atom stereocenters. The van der Waals surface area contributed by atoms with E-state index in [9.17, 15) is 0 Å². The van der Waals surface area contributed by atoms with E-state index in [1.54, 1.807) is 0 Å². The Bertz CT molecular complexity index is 2870. The molecule has 0 saturated carbocycles. The molecule has 49 heavy (non-hydrogen) atoms. The minimum Gasteiger partial charge on any atom is -0.456 e. The van der Waals surface area contributed by atoms with Crippen LogP contribution in [0.3, 0.4) is 0 Å². The van der Waals surface area contributed by atoms with E-state index in [4.69, 9.17) is 14.4 Å². The van der Waals surface area contributed by atoms with Crippen LogP contribution in [-0.4, -0.2) is 9.97 Å². The Kier molecular flexibility index (Phi) is 6.18. The zero-order chi connectivity index (χ0) is 32.3. The molecule has 0 spiro atoms. The molecule has 0 radical (unpaired) electrons. The minimum absolute atomic E-state index is 0.683. The van der Waals surface area contributed by atoms with Crippen LogP contribution < -0.4 is 0 Å². The Morgan fingerprint density at radius 1 is 0.347 bits per heavy atom. The zero-order valence-electron chi connectivity index (χ0n) is 26.5. The van der Waals surface area contributed by atoms with Crippen LogP contribution in [-0.2, 0) is 0 Å². The van der Waals surface area contributed by atoms with E-state index in [0.29, 0.717) is 5.82 Å². The molecule has 0 aliphatic heterocycles. The van der Waals surface area contributed by atoms with Crippen LogP contribution in [0.2, 0.25) is 0 Å². The first kappa shape index (κ1) is 27.5. The van der Waals surface area contributed by atoms with Crippen molar-refractivity contribution >= 4 is 54.3 Å². The van der Waals surface area contributed by atoms with E-state index < -0.39 is 0 Å². The average molecular weight is 625 g/mol. The Hall–Kier alpha value is -6.58. The van der Waals surface area contributed by atoms with Crippen molar-refractivity contribution in [2.24, 2.45) is 0 Å². The van der Waals surface area contributed by atoms with Gasteiger partial charge in [0.25, 0.3) is 0 Å². The smallest absolute Gasteiger partial charge is 0.160 e. The van der Waals surface area contributed by atoms with Gasteiger partial charge in [-0.1, -0.05) is 146 Å². The van der Waals surface area contributed by atoms with E-state index in [1.807, 2.05) is 30.3 Å². The van der Waals surface area contributed by atoms with Crippen LogP contribution in [0.25, 0.3) is 99.3 Å². The highest BCUT2D eigenvalue weighted by Crippen LogP contribution is 2.46. The maximum Gasteiger partial charge on any atom is 0.160 e. The summed E-state index contributed by atoms with van der Waals surface area (Å²) >= 11 is 0. The fourth-order valence-electron chi connectivity index (χ4n) is 7.45. The fourth-order valence-corrected chi connectivity index (χ4v) is 7.45. The van der Waals surface area contributed by atoms with Gasteiger partial charge in [0, 0.05) is 32.8 Å². The Labute approximate surface area is 282 Å². The number of hydrogen-bond acceptors (Lipinski definition) is 3. The third kappa shape index (κ3) is 4.44. The highest BCUT2D eigenvalue weighted by Gasteiger charge is 2.21. The summed E-state index contributed by atoms with van der Waals surface area (Å²) in [6.45, 7) is 0. The molecular weight excluding hydrogens is 597 g/mol. The normalized spacial score (nSPS) is 11.7. The molecule has 8 aromatic carbocycles. The lowest BCUT2D eigenvalue weighted by Gasteiger charge is -2.19. The Balaban J connectivity index is 1.33. The van der Waals surface area contributed by atoms with Gasteiger partial charge in [-0.2, -0.15) is 0 Å². The van der Waals surface area contributed by atoms with Crippen molar-refractivity contribution in [2.75, 3.05) is 0 Å². The fraction of sp³-hybridized carbons (Fsp3) is 0. The van der Waals surface area contributed by atoms with Crippen molar-refractivity contribution in [3.63, 3.8) is 0 Å². The molecule has 0 aliphatic rings. The lowest BCUT2D eigenvalue weighted by molar-refractivity contribution is 0.669. The molecule has 0 amide bonds. The number of benzene rings is 8. The summed E-state index contributed by atoms with van der Waals surface area (Å²) < 4.78 is 6.32. The Morgan fingerprint density at radius 2 is 0.939 bits per heavy atom. The van der Waals surface area contributed by atoms with Crippen molar-refractivity contribution in [1.82, 2.24) is 9.97 Å². The summed E-state index contributed by atoms with van der Waals surface area (Å²) in [5, 5.41) is 9.33. The molecule has 0 saturated heterocycles. The highest BCUT2D eigenvalue weighted by atomic mass is 16.3. The van der Waals surface area contributed by atoms with Gasteiger partial charge in [0.2, 0.25) is 0 Å². The number of hydrogen-bond donors (Lipinski definition) is 0. The SMILES string of the molecule is c1ccc(-c2nc(-c3ccc4c(c3)oc3ccccc34)cc(-c3c4ccccc4c(-c4ccccc4)c4ccc5ccccc5c34)n2)cc1. The van der Waals surface area contributed by atoms with Gasteiger partial charge in [-0.25, -0.2) is 9.97 Å². The van der Waals surface area contributed by atoms with E-state index >= 15 is 0 Å². The lowest BCUT2D eigenvalue weighted by Crippen LogP contribution is -1.98. The van der Waals surface area contributed by atoms with Crippen LogP contribution in [0.1, 0.15) is 0 Å². The molecule has 3 heteroatoms. The molecule has 0 fully saturated rings. The summed E-state index contributed by atoms with van der Waals surface area (Å²) in [6, 6.07) is 59.7. The van der Waals surface area contributed by atoms with E-state index in [2.05, 4.69) is 140 Å². The van der Waals surface area contributed by atoms with Gasteiger partial charge in [-0.05, 0) is 62.3 Å². The van der Waals surface area contributed by atoms with Gasteiger partial charge in [-0.15, -0.1) is 0 Å². The van der Waals surface area contributed by atoms with Crippen molar-refractivity contribution < 1.29 is 4.42 Å². The largest absolute Gasteiger partial charge is 0.456 e. The van der Waals surface area contributed by atoms with Gasteiger partial charge in [-0.3, -0.25) is 0 Å². The number of nitrogens with zero attached hydrogens (tertiary/aromatic N) is 2. The molecule has 0 atom stereocenters. The summed E-state index contributed by atoms with van der Waals surface area (Å²) in [5.74, 6) is 0.683. The van der Waals surface area contributed by atoms with Crippen molar-refractivity contribution in [2.45, 2.75) is 0 Å². The van der Waals surface area contributed by atoms with E-state index in [0.717, 1.165) is 55.4 Å². The van der Waals surface area contributed by atoms with E-state index in [1.165, 1.54) is 38.1 Å². The van der Waals surface area contributed by atoms with Gasteiger partial charge in [0.15, 0.2) is 5.82 Å². The molecule has 228 valence electrons. The van der Waals surface area contributed by atoms with Crippen molar-refractivity contribution in [3.05, 3.63) is 170 Å². The van der Waals surface area contributed by atoms with Crippen LogP contribution in [0, 0.1) is 0 Å². The van der Waals surface area contributed by atoms with Gasteiger partial charge in [0.1, 0.15) is 11.2 Å². The van der Waals surface area contributed by atoms with Crippen LogP contribution in [0.4, 0.5) is 0 Å². The number of aromatic nitrogens is 2. The molecule has 0 aliphatic carbocycles. The maximum absolute atomic E-state index is 6.32. The molecule has 2 heterocycles. The van der Waals surface area contributed by atoms with Crippen molar-refractivity contribution in [1.29, 1.82) is 0 Å². The third-order valence-electron chi connectivity index (χ3n) is 9.67. The summed E-state index contributed by atoms with van der Waals surface area (Å²) in [5.41, 5.74) is 8.92. The average Bonchev–Trinajstić information content (AvgIpc) is 3.55. The van der Waals surface area contributed by atoms with Gasteiger partial charge < -0.3 is 4.42 Å². The van der Waals surface area contributed by atoms with Crippen LogP contribution >= 0.6 is 0 Å². The van der Waals surface area contributed by atoms with Gasteiger partial charge in [0.05, 0.1) is 11.4 Å². The maximum atomic E-state index is 6.32. The lowest BCUT2D eigenvalue weighted by atomic mass is 9.85. The number of fused-ring (bicyclic) bond motifs is 7. The molecule has 0 bridgehead atoms. The third-order valence-corrected chi connectivity index (χ3v) is 9.67. The minimum atomic E-state index is 0.683. The number of para-hydroxylation sites is 1. The number of furan rings is 1. The second-order valence-corrected chi connectivity index (χ2v) is 12.5. The highest BCUT2D eigenvalue weighted by molar-refractivity contribution is 6.27. The monoisotopic (exact) mass is 624 g/mol. The summed E-state index contributed by atoms with van der Waals surface area (Å²) in [7, 11) is 0. The van der Waals surface area contributed by atoms with Crippen LogP contribution in [0.15, 0.2) is 174 Å². The first-order chi connectivity index (χ1) is 24.3. The molecule has 2 aromatic heterocycles. The summed E-state index contributed by atoms with van der Waals surface area (Å²) in [6.07, 6.45) is 0.